The predicted octanol–water partition coefficient (Wildman–Crippen LogP) is 6.67. The third-order valence-electron chi connectivity index (χ3n) is 4.69. The van der Waals surface area contributed by atoms with Crippen LogP contribution in [-0.4, -0.2) is 51.9 Å². The molecular weight excluding hydrogens is 559 g/mol. The van der Waals surface area contributed by atoms with Crippen molar-refractivity contribution in [3.05, 3.63) is 38.4 Å². The number of nitrogens with zero attached hydrogens (tertiary/aromatic N) is 3. The number of hydrogen-bond acceptors (Lipinski definition) is 6. The van der Waals surface area contributed by atoms with E-state index in [0.29, 0.717) is 25.1 Å². The van der Waals surface area contributed by atoms with Crippen LogP contribution in [-0.2, 0) is 0 Å². The Hall–Kier alpha value is -3.42. The molecule has 0 aliphatic heterocycles. The maximum Gasteiger partial charge on any atom is 0.460 e. The average Bonchev–Trinajstić information content (AvgIpc) is 2.74. The van der Waals surface area contributed by atoms with E-state index in [-0.39, 0.29) is 6.21 Å². The summed E-state index contributed by atoms with van der Waals surface area (Å²) in [4.78, 5) is 19.3. The number of nitrogens with one attached hydrogen (secondary N) is 1. The van der Waals surface area contributed by atoms with Crippen LogP contribution in [0.2, 0.25) is 0 Å². The van der Waals surface area contributed by atoms with Crippen molar-refractivity contribution in [1.82, 2.24) is 0 Å². The lowest BCUT2D eigenvalue weighted by molar-refractivity contribution is -0.441. The van der Waals surface area contributed by atoms with Crippen molar-refractivity contribution in [1.29, 1.82) is 0 Å². The first kappa shape index (κ1) is 31.6. The molecule has 0 spiro atoms. The van der Waals surface area contributed by atoms with Crippen LogP contribution < -0.4 is 5.43 Å². The zero-order chi connectivity index (χ0) is 29.4. The molecule has 37 heavy (non-hydrogen) atoms. The van der Waals surface area contributed by atoms with Crippen molar-refractivity contribution in [3.8, 4) is 0 Å². The molecular formula is C16H11F13N4O4. The molecule has 0 aliphatic carbocycles. The Kier molecular flexibility index (Phi) is 8.37. The molecule has 0 bridgehead atoms. The van der Waals surface area contributed by atoms with E-state index >= 15 is 0 Å². The van der Waals surface area contributed by atoms with E-state index in [4.69, 9.17) is 0 Å². The molecule has 1 unspecified atom stereocenters. The molecule has 1 N–H and O–H groups in total. The van der Waals surface area contributed by atoms with E-state index in [1.807, 2.05) is 0 Å². The molecule has 0 aromatic heterocycles. The second-order valence-electron chi connectivity index (χ2n) is 7.04. The predicted molar refractivity (Wildman–Crippen MR) is 96.4 cm³/mol. The van der Waals surface area contributed by atoms with E-state index in [0.717, 1.165) is 0 Å². The van der Waals surface area contributed by atoms with Gasteiger partial charge >= 0.3 is 41.5 Å². The Bertz CT molecular complexity index is 1060. The topological polar surface area (TPSA) is 111 Å². The van der Waals surface area contributed by atoms with Gasteiger partial charge in [0, 0.05) is 12.3 Å². The molecule has 0 aliphatic rings. The molecule has 0 saturated heterocycles. The van der Waals surface area contributed by atoms with Crippen LogP contribution >= 0.6 is 0 Å². The molecule has 1 atom stereocenters. The molecule has 0 fully saturated rings. The Morgan fingerprint density at radius 2 is 1.32 bits per heavy atom. The lowest BCUT2D eigenvalue weighted by atomic mass is 9.86. The van der Waals surface area contributed by atoms with Gasteiger partial charge in [-0.2, -0.15) is 62.2 Å². The minimum atomic E-state index is -8.06. The fraction of sp³-hybridized carbons (Fsp3) is 0.562. The van der Waals surface area contributed by atoms with Gasteiger partial charge in [0.15, 0.2) is 0 Å². The molecule has 21 heteroatoms. The van der Waals surface area contributed by atoms with Crippen LogP contribution in [0.5, 0.6) is 0 Å². The van der Waals surface area contributed by atoms with E-state index < -0.39 is 75.0 Å². The lowest BCUT2D eigenvalue weighted by Crippen LogP contribution is -2.71. The summed E-state index contributed by atoms with van der Waals surface area (Å²) in [6.45, 7) is 0.551. The van der Waals surface area contributed by atoms with E-state index in [2.05, 4.69) is 5.10 Å². The fourth-order valence-corrected chi connectivity index (χ4v) is 2.55. The summed E-state index contributed by atoms with van der Waals surface area (Å²) in [5.41, 5.74) is -1.20. The summed E-state index contributed by atoms with van der Waals surface area (Å²) in [6.07, 6.45) is -9.30. The van der Waals surface area contributed by atoms with Gasteiger partial charge in [-0.25, -0.2) is 0 Å². The highest BCUT2D eigenvalue weighted by Gasteiger charge is 2.91. The summed E-state index contributed by atoms with van der Waals surface area (Å²) >= 11 is 0. The second kappa shape index (κ2) is 9.80. The van der Waals surface area contributed by atoms with Gasteiger partial charge in [0.25, 0.3) is 5.69 Å². The smallest absolute Gasteiger partial charge is 0.272 e. The third kappa shape index (κ3) is 5.20. The van der Waals surface area contributed by atoms with Crippen LogP contribution in [0.4, 0.5) is 74.1 Å². The minimum absolute atomic E-state index is 0.335. The highest BCUT2D eigenvalue weighted by atomic mass is 19.4. The Balaban J connectivity index is 3.42. The summed E-state index contributed by atoms with van der Waals surface area (Å²) in [5.74, 6) is -41.2. The molecule has 8 nitrogen and oxygen atoms in total. The van der Waals surface area contributed by atoms with Gasteiger partial charge in [-0.15, -0.1) is 0 Å². The molecule has 1 aromatic rings. The number of benzene rings is 1. The van der Waals surface area contributed by atoms with Crippen molar-refractivity contribution in [2.75, 3.05) is 5.43 Å². The van der Waals surface area contributed by atoms with Crippen molar-refractivity contribution in [3.63, 3.8) is 0 Å². The van der Waals surface area contributed by atoms with Gasteiger partial charge in [0.2, 0.25) is 0 Å². The first-order valence-corrected chi connectivity index (χ1v) is 9.09. The lowest BCUT2D eigenvalue weighted by Gasteiger charge is -2.41. The summed E-state index contributed by atoms with van der Waals surface area (Å²) in [5, 5.41) is 24.4. The van der Waals surface area contributed by atoms with E-state index in [1.165, 1.54) is 0 Å². The number of rotatable bonds is 11. The molecule has 0 saturated carbocycles. The van der Waals surface area contributed by atoms with E-state index in [1.54, 1.807) is 5.43 Å². The number of alkyl halides is 13. The Morgan fingerprint density at radius 3 is 1.73 bits per heavy atom. The van der Waals surface area contributed by atoms with Gasteiger partial charge in [-0.3, -0.25) is 25.7 Å². The first-order valence-electron chi connectivity index (χ1n) is 9.09. The highest BCUT2D eigenvalue weighted by Crippen LogP contribution is 2.61. The molecule has 0 heterocycles. The monoisotopic (exact) mass is 570 g/mol. The third-order valence-corrected chi connectivity index (χ3v) is 4.69. The van der Waals surface area contributed by atoms with Gasteiger partial charge < -0.3 is 0 Å². The standard InChI is InChI=1S/C16H11F13N4O4/c1-2-7(6-30-31-9-4-3-8(32(34)35)5-10(9)33(36)37)11(17,18)12(19,20)13(21,22)14(23,24)15(25,26)16(27,28)29/h3-7,31H,2H2,1H3. The maximum atomic E-state index is 14.3. The molecule has 1 rings (SSSR count). The van der Waals surface area contributed by atoms with Crippen molar-refractivity contribution < 1.29 is 66.9 Å². The van der Waals surface area contributed by atoms with Gasteiger partial charge in [0.1, 0.15) is 5.69 Å². The van der Waals surface area contributed by atoms with Gasteiger partial charge in [0.05, 0.1) is 21.8 Å². The fourth-order valence-electron chi connectivity index (χ4n) is 2.55. The minimum Gasteiger partial charge on any atom is -0.272 e. The number of hydrazone groups is 1. The van der Waals surface area contributed by atoms with Crippen LogP contribution in [0.25, 0.3) is 0 Å². The van der Waals surface area contributed by atoms with Crippen LogP contribution in [0, 0.1) is 26.1 Å². The maximum absolute atomic E-state index is 14.3. The zero-order valence-corrected chi connectivity index (χ0v) is 17.5. The largest absolute Gasteiger partial charge is 0.460 e. The van der Waals surface area contributed by atoms with Crippen molar-refractivity contribution >= 4 is 23.3 Å². The molecule has 1 aromatic carbocycles. The van der Waals surface area contributed by atoms with Crippen LogP contribution in [0.15, 0.2) is 23.3 Å². The SMILES string of the molecule is CCC(C=NNc1ccc([N+](=O)[O-])cc1[N+](=O)[O-])C(F)(F)C(F)(F)C(F)(F)C(F)(F)C(F)(F)C(F)(F)F. The number of anilines is 1. The zero-order valence-electron chi connectivity index (χ0n) is 17.5. The number of hydrogen-bond donors (Lipinski definition) is 1. The van der Waals surface area contributed by atoms with Crippen molar-refractivity contribution in [2.45, 2.75) is 49.1 Å². The number of nitro benzene ring substituents is 2. The second-order valence-corrected chi connectivity index (χ2v) is 7.04. The van der Waals surface area contributed by atoms with Crippen molar-refractivity contribution in [2.24, 2.45) is 11.0 Å². The summed E-state index contributed by atoms with van der Waals surface area (Å²) in [6, 6.07) is 1.53. The summed E-state index contributed by atoms with van der Waals surface area (Å²) < 4.78 is 173. The van der Waals surface area contributed by atoms with E-state index in [9.17, 15) is 77.3 Å². The van der Waals surface area contributed by atoms with Gasteiger partial charge in [-0.05, 0) is 12.5 Å². The molecule has 0 radical (unpaired) electrons. The number of non-ortho nitro benzene ring substituents is 1. The highest BCUT2D eigenvalue weighted by molar-refractivity contribution is 5.68. The average molecular weight is 570 g/mol. The van der Waals surface area contributed by atoms with Crippen LogP contribution in [0.1, 0.15) is 13.3 Å². The Morgan fingerprint density at radius 1 is 0.838 bits per heavy atom. The molecule has 0 amide bonds. The molecule has 210 valence electrons. The normalized spacial score (nSPS) is 15.1. The Labute approximate surface area is 195 Å². The van der Waals surface area contributed by atoms with Gasteiger partial charge in [-0.1, -0.05) is 6.92 Å². The quantitative estimate of drug-likeness (QED) is 0.138. The number of nitro groups is 2. The summed E-state index contributed by atoms with van der Waals surface area (Å²) in [7, 11) is 0. The van der Waals surface area contributed by atoms with Crippen LogP contribution in [0.3, 0.4) is 0 Å². The first-order chi connectivity index (χ1) is 16.4. The number of halogens is 13.